The zero-order valence-corrected chi connectivity index (χ0v) is 9.57. The van der Waals surface area contributed by atoms with E-state index in [-0.39, 0.29) is 11.9 Å². The van der Waals surface area contributed by atoms with E-state index < -0.39 is 0 Å². The van der Waals surface area contributed by atoms with Crippen molar-refractivity contribution >= 4 is 5.97 Å². The Balaban J connectivity index is 1.72. The maximum atomic E-state index is 11.5. The quantitative estimate of drug-likeness (QED) is 0.670. The molecule has 2 saturated heterocycles. The summed E-state index contributed by atoms with van der Waals surface area (Å²) in [5.74, 6) is 0.432. The van der Waals surface area contributed by atoms with Crippen molar-refractivity contribution in [1.82, 2.24) is 0 Å². The summed E-state index contributed by atoms with van der Waals surface area (Å²) in [4.78, 5) is 11.5. The van der Waals surface area contributed by atoms with E-state index in [4.69, 9.17) is 9.47 Å². The van der Waals surface area contributed by atoms with Gasteiger partial charge < -0.3 is 9.47 Å². The van der Waals surface area contributed by atoms with Crippen molar-refractivity contribution in [2.45, 2.75) is 51.7 Å². The van der Waals surface area contributed by atoms with Gasteiger partial charge in [-0.2, -0.15) is 0 Å². The number of ether oxygens (including phenoxy) is 2. The van der Waals surface area contributed by atoms with Gasteiger partial charge in [0.25, 0.3) is 0 Å². The minimum absolute atomic E-state index is 0.0320. The van der Waals surface area contributed by atoms with Crippen LogP contribution >= 0.6 is 0 Å². The largest absolute Gasteiger partial charge is 0.465 e. The third kappa shape index (κ3) is 2.33. The first-order valence-corrected chi connectivity index (χ1v) is 6.02. The van der Waals surface area contributed by atoms with Crippen molar-refractivity contribution in [3.8, 4) is 0 Å². The zero-order chi connectivity index (χ0) is 10.8. The van der Waals surface area contributed by atoms with Crippen LogP contribution in [0.25, 0.3) is 0 Å². The topological polar surface area (TPSA) is 35.5 Å². The van der Waals surface area contributed by atoms with Crippen LogP contribution in [0.15, 0.2) is 0 Å². The molecule has 0 saturated carbocycles. The lowest BCUT2D eigenvalue weighted by Crippen LogP contribution is -2.25. The first kappa shape index (κ1) is 10.9. The van der Waals surface area contributed by atoms with Crippen molar-refractivity contribution in [3.63, 3.8) is 0 Å². The van der Waals surface area contributed by atoms with E-state index in [0.717, 1.165) is 19.3 Å². The van der Waals surface area contributed by atoms with Gasteiger partial charge in [-0.15, -0.1) is 0 Å². The van der Waals surface area contributed by atoms with Crippen LogP contribution in [0.1, 0.15) is 39.5 Å². The molecule has 0 radical (unpaired) electrons. The Labute approximate surface area is 91.1 Å². The third-order valence-electron chi connectivity index (χ3n) is 3.69. The summed E-state index contributed by atoms with van der Waals surface area (Å²) in [6, 6.07) is 0. The van der Waals surface area contributed by atoms with E-state index in [1.807, 2.05) is 13.8 Å². The Morgan fingerprint density at radius 3 is 2.87 bits per heavy atom. The van der Waals surface area contributed by atoms with Gasteiger partial charge in [-0.25, -0.2) is 0 Å². The summed E-state index contributed by atoms with van der Waals surface area (Å²) in [6.07, 6.45) is 5.09. The molecule has 0 amide bonds. The molecule has 2 fully saturated rings. The highest BCUT2D eigenvalue weighted by molar-refractivity contribution is 5.71. The fourth-order valence-corrected chi connectivity index (χ4v) is 2.42. The molecule has 2 heterocycles. The van der Waals surface area contributed by atoms with E-state index in [2.05, 4.69) is 0 Å². The van der Waals surface area contributed by atoms with Gasteiger partial charge in [-0.1, -0.05) is 13.8 Å². The lowest BCUT2D eigenvalue weighted by Gasteiger charge is -2.19. The first-order valence-electron chi connectivity index (χ1n) is 6.02. The normalized spacial score (nSPS) is 35.5. The molecule has 3 nitrogen and oxygen atoms in total. The van der Waals surface area contributed by atoms with Gasteiger partial charge in [-0.3, -0.25) is 4.79 Å². The molecule has 3 heteroatoms. The molecule has 0 aliphatic carbocycles. The lowest BCUT2D eigenvalue weighted by molar-refractivity contribution is -0.149. The summed E-state index contributed by atoms with van der Waals surface area (Å²) < 4.78 is 11.0. The van der Waals surface area contributed by atoms with Crippen LogP contribution in [0.5, 0.6) is 0 Å². The van der Waals surface area contributed by atoms with E-state index in [1.165, 1.54) is 6.42 Å². The lowest BCUT2D eigenvalue weighted by atomic mass is 9.90. The van der Waals surface area contributed by atoms with E-state index in [1.54, 1.807) is 0 Å². The van der Waals surface area contributed by atoms with Gasteiger partial charge in [0.15, 0.2) is 0 Å². The minimum atomic E-state index is -0.0553. The summed E-state index contributed by atoms with van der Waals surface area (Å²) >= 11 is 0. The molecule has 0 aromatic heterocycles. The SMILES string of the molecule is CCC(C)C(=O)OCC1CC2CCC1O2. The highest BCUT2D eigenvalue weighted by atomic mass is 16.5. The molecule has 0 spiro atoms. The van der Waals surface area contributed by atoms with Gasteiger partial charge in [0.05, 0.1) is 24.7 Å². The number of hydrogen-bond acceptors (Lipinski definition) is 3. The van der Waals surface area contributed by atoms with Crippen molar-refractivity contribution < 1.29 is 14.3 Å². The summed E-state index contributed by atoms with van der Waals surface area (Å²) in [5, 5.41) is 0. The Hall–Kier alpha value is -0.570. The third-order valence-corrected chi connectivity index (χ3v) is 3.69. The second kappa shape index (κ2) is 4.52. The van der Waals surface area contributed by atoms with Crippen LogP contribution in [0, 0.1) is 11.8 Å². The van der Waals surface area contributed by atoms with E-state index in [9.17, 15) is 4.79 Å². The maximum absolute atomic E-state index is 11.5. The monoisotopic (exact) mass is 212 g/mol. The number of carbonyl (C=O) groups excluding carboxylic acids is 1. The predicted molar refractivity (Wildman–Crippen MR) is 56.4 cm³/mol. The Morgan fingerprint density at radius 2 is 2.33 bits per heavy atom. The molecule has 2 aliphatic rings. The molecule has 2 bridgehead atoms. The molecular formula is C12H20O3. The van der Waals surface area contributed by atoms with Gasteiger partial charge in [-0.05, 0) is 25.7 Å². The molecule has 0 N–H and O–H groups in total. The van der Waals surface area contributed by atoms with Crippen molar-refractivity contribution in [3.05, 3.63) is 0 Å². The van der Waals surface area contributed by atoms with Gasteiger partial charge in [0.2, 0.25) is 0 Å². The number of rotatable bonds is 4. The number of esters is 1. The molecular weight excluding hydrogens is 192 g/mol. The Morgan fingerprint density at radius 1 is 1.53 bits per heavy atom. The van der Waals surface area contributed by atoms with E-state index in [0.29, 0.717) is 24.7 Å². The van der Waals surface area contributed by atoms with Gasteiger partial charge in [0.1, 0.15) is 0 Å². The molecule has 4 atom stereocenters. The smallest absolute Gasteiger partial charge is 0.308 e. The van der Waals surface area contributed by atoms with Crippen LogP contribution in [0.4, 0.5) is 0 Å². The van der Waals surface area contributed by atoms with E-state index >= 15 is 0 Å². The number of hydrogen-bond donors (Lipinski definition) is 0. The molecule has 0 aromatic rings. The van der Waals surface area contributed by atoms with Crippen molar-refractivity contribution in [2.24, 2.45) is 11.8 Å². The van der Waals surface area contributed by atoms with Crippen molar-refractivity contribution in [2.75, 3.05) is 6.61 Å². The molecule has 2 aliphatic heterocycles. The Bertz CT molecular complexity index is 239. The summed E-state index contributed by atoms with van der Waals surface area (Å²) in [6.45, 7) is 4.48. The number of fused-ring (bicyclic) bond motifs is 2. The number of carbonyl (C=O) groups is 1. The zero-order valence-electron chi connectivity index (χ0n) is 9.57. The molecule has 0 aromatic carbocycles. The summed E-state index contributed by atoms with van der Waals surface area (Å²) in [7, 11) is 0. The highest BCUT2D eigenvalue weighted by Crippen LogP contribution is 2.38. The van der Waals surface area contributed by atoms with Gasteiger partial charge >= 0.3 is 5.97 Å². The van der Waals surface area contributed by atoms with Gasteiger partial charge in [0, 0.05) is 5.92 Å². The van der Waals surface area contributed by atoms with Crippen LogP contribution < -0.4 is 0 Å². The predicted octanol–water partition coefficient (Wildman–Crippen LogP) is 2.14. The standard InChI is InChI=1S/C12H20O3/c1-3-8(2)12(13)14-7-9-6-10-4-5-11(9)15-10/h8-11H,3-7H2,1-2H3. The highest BCUT2D eigenvalue weighted by Gasteiger charge is 2.41. The van der Waals surface area contributed by atoms with Crippen LogP contribution in [0.2, 0.25) is 0 Å². The first-order chi connectivity index (χ1) is 7.20. The fraction of sp³-hybridized carbons (Fsp3) is 0.917. The van der Waals surface area contributed by atoms with Crippen LogP contribution in [-0.2, 0) is 14.3 Å². The summed E-state index contributed by atoms with van der Waals surface area (Å²) in [5.41, 5.74) is 0. The molecule has 15 heavy (non-hydrogen) atoms. The average molecular weight is 212 g/mol. The Kier molecular flexibility index (Phi) is 3.29. The second-order valence-corrected chi connectivity index (χ2v) is 4.81. The van der Waals surface area contributed by atoms with Crippen LogP contribution in [0.3, 0.4) is 0 Å². The second-order valence-electron chi connectivity index (χ2n) is 4.81. The molecule has 4 unspecified atom stereocenters. The van der Waals surface area contributed by atoms with Crippen LogP contribution in [-0.4, -0.2) is 24.8 Å². The minimum Gasteiger partial charge on any atom is -0.465 e. The molecule has 86 valence electrons. The average Bonchev–Trinajstić information content (AvgIpc) is 2.86. The van der Waals surface area contributed by atoms with Crippen molar-refractivity contribution in [1.29, 1.82) is 0 Å². The maximum Gasteiger partial charge on any atom is 0.308 e. The fourth-order valence-electron chi connectivity index (χ4n) is 2.42. The molecule has 2 rings (SSSR count).